The van der Waals surface area contributed by atoms with Crippen molar-refractivity contribution in [3.63, 3.8) is 0 Å². The molecule has 1 N–H and O–H groups in total. The van der Waals surface area contributed by atoms with Gasteiger partial charge in [-0.25, -0.2) is 4.98 Å². The molecular formula is C19H24LiN4O3S. The number of ether oxygens (including phenoxy) is 2. The number of anilines is 1. The zero-order valence-electron chi connectivity index (χ0n) is 16.6. The normalized spacial score (nSPS) is 17.1. The monoisotopic (exact) mass is 395 g/mol. The standard InChI is InChI=1S/C19H24N4O3S.Li/c1-3-20-18(24)17-11-21-19(27-17)23-8-6-22(7-9-23)13(2)14-4-5-15-16(10-14)26-12-25-15;/h4-5,10-11,13H,3,6-9,12H2,1-2H3,(H,20,24);/t13-;/m0./s1. The van der Waals surface area contributed by atoms with Gasteiger partial charge in [0.25, 0.3) is 5.91 Å². The predicted molar refractivity (Wildman–Crippen MR) is 111 cm³/mol. The fourth-order valence-corrected chi connectivity index (χ4v) is 4.33. The summed E-state index contributed by atoms with van der Waals surface area (Å²) < 4.78 is 10.9. The minimum atomic E-state index is -0.0451. The van der Waals surface area contributed by atoms with Crippen molar-refractivity contribution < 1.29 is 14.3 Å². The van der Waals surface area contributed by atoms with Gasteiger partial charge < -0.3 is 19.7 Å². The molecule has 2 aliphatic heterocycles. The van der Waals surface area contributed by atoms with Gasteiger partial charge in [0.2, 0.25) is 6.79 Å². The van der Waals surface area contributed by atoms with Crippen LogP contribution in [0.4, 0.5) is 5.13 Å². The van der Waals surface area contributed by atoms with E-state index in [0.29, 0.717) is 24.3 Å². The molecule has 1 aromatic heterocycles. The van der Waals surface area contributed by atoms with Crippen molar-refractivity contribution in [2.45, 2.75) is 19.9 Å². The van der Waals surface area contributed by atoms with Gasteiger partial charge in [-0.3, -0.25) is 9.69 Å². The zero-order valence-corrected chi connectivity index (χ0v) is 17.4. The van der Waals surface area contributed by atoms with E-state index in [1.165, 1.54) is 16.9 Å². The second kappa shape index (κ2) is 9.18. The Morgan fingerprint density at radius 2 is 2.00 bits per heavy atom. The van der Waals surface area contributed by atoms with Gasteiger partial charge in [0.05, 0.1) is 6.20 Å². The van der Waals surface area contributed by atoms with Crippen molar-refractivity contribution in [1.29, 1.82) is 0 Å². The Morgan fingerprint density at radius 1 is 1.25 bits per heavy atom. The molecule has 0 bridgehead atoms. The van der Waals surface area contributed by atoms with Gasteiger partial charge in [0, 0.05) is 57.6 Å². The minimum absolute atomic E-state index is 0. The first kappa shape index (κ1) is 21.0. The summed E-state index contributed by atoms with van der Waals surface area (Å²) in [5, 5.41) is 3.74. The summed E-state index contributed by atoms with van der Waals surface area (Å²) in [6.07, 6.45) is 1.67. The Hall–Kier alpha value is -1.72. The molecule has 145 valence electrons. The van der Waals surface area contributed by atoms with Crippen LogP contribution < -0.4 is 19.7 Å². The number of nitrogens with zero attached hydrogens (tertiary/aromatic N) is 3. The third-order valence-electron chi connectivity index (χ3n) is 5.07. The van der Waals surface area contributed by atoms with Gasteiger partial charge in [-0.1, -0.05) is 17.4 Å². The number of hydrogen-bond acceptors (Lipinski definition) is 7. The molecule has 9 heteroatoms. The van der Waals surface area contributed by atoms with Crippen LogP contribution in [0.5, 0.6) is 11.5 Å². The van der Waals surface area contributed by atoms with Crippen molar-refractivity contribution in [3.8, 4) is 11.5 Å². The summed E-state index contributed by atoms with van der Waals surface area (Å²) in [7, 11) is 0. The van der Waals surface area contributed by atoms with Crippen molar-refractivity contribution >= 4 is 41.2 Å². The van der Waals surface area contributed by atoms with Crippen LogP contribution in [-0.2, 0) is 0 Å². The number of thiazole rings is 1. The fourth-order valence-electron chi connectivity index (χ4n) is 3.45. The van der Waals surface area contributed by atoms with Crippen LogP contribution in [-0.4, -0.2) is 74.2 Å². The van der Waals surface area contributed by atoms with Crippen LogP contribution in [0.1, 0.15) is 35.1 Å². The van der Waals surface area contributed by atoms with Crippen molar-refractivity contribution in [1.82, 2.24) is 15.2 Å². The largest absolute Gasteiger partial charge is 0.454 e. The summed E-state index contributed by atoms with van der Waals surface area (Å²) >= 11 is 1.46. The molecule has 1 fully saturated rings. The fraction of sp³-hybridized carbons (Fsp3) is 0.474. The third kappa shape index (κ3) is 4.31. The number of aromatic nitrogens is 1. The molecule has 1 radical (unpaired) electrons. The number of fused-ring (bicyclic) bond motifs is 1. The third-order valence-corrected chi connectivity index (χ3v) is 6.12. The molecule has 7 nitrogen and oxygen atoms in total. The molecule has 28 heavy (non-hydrogen) atoms. The quantitative estimate of drug-likeness (QED) is 0.783. The Labute approximate surface area is 181 Å². The molecule has 0 unspecified atom stereocenters. The maximum absolute atomic E-state index is 11.9. The maximum Gasteiger partial charge on any atom is 0.263 e. The van der Waals surface area contributed by atoms with Crippen molar-refractivity contribution in [3.05, 3.63) is 34.8 Å². The molecule has 1 saturated heterocycles. The number of benzene rings is 1. The molecular weight excluding hydrogens is 371 g/mol. The van der Waals surface area contributed by atoms with Gasteiger partial charge in [-0.15, -0.1) is 0 Å². The van der Waals surface area contributed by atoms with E-state index in [9.17, 15) is 4.79 Å². The molecule has 2 aliphatic rings. The van der Waals surface area contributed by atoms with E-state index in [0.717, 1.165) is 42.8 Å². The topological polar surface area (TPSA) is 66.9 Å². The number of piperazine rings is 1. The average molecular weight is 395 g/mol. The van der Waals surface area contributed by atoms with E-state index in [4.69, 9.17) is 9.47 Å². The SMILES string of the molecule is CCNC(=O)c1cnc(N2CCN([C@@H](C)c3ccc4c(c3)OCO4)CC2)s1.[Li]. The zero-order chi connectivity index (χ0) is 18.8. The first-order chi connectivity index (χ1) is 13.2. The van der Waals surface area contributed by atoms with E-state index in [1.807, 2.05) is 13.0 Å². The van der Waals surface area contributed by atoms with E-state index < -0.39 is 0 Å². The van der Waals surface area contributed by atoms with Crippen molar-refractivity contribution in [2.24, 2.45) is 0 Å². The molecule has 0 spiro atoms. The van der Waals surface area contributed by atoms with Gasteiger partial charge in [-0.2, -0.15) is 0 Å². The number of carbonyl (C=O) groups is 1. The van der Waals surface area contributed by atoms with Crippen molar-refractivity contribution in [2.75, 3.05) is 44.4 Å². The van der Waals surface area contributed by atoms with Gasteiger partial charge in [-0.05, 0) is 31.5 Å². The summed E-state index contributed by atoms with van der Waals surface area (Å²) in [5.74, 6) is 1.61. The van der Waals surface area contributed by atoms with E-state index in [1.54, 1.807) is 6.20 Å². The molecule has 1 amide bonds. The second-order valence-electron chi connectivity index (χ2n) is 6.68. The minimum Gasteiger partial charge on any atom is -0.454 e. The van der Waals surface area contributed by atoms with Gasteiger partial charge >= 0.3 is 0 Å². The average Bonchev–Trinajstić information content (AvgIpc) is 3.36. The Bertz CT molecular complexity index is 823. The van der Waals surface area contributed by atoms with Crippen LogP contribution in [0, 0.1) is 0 Å². The van der Waals surface area contributed by atoms with Crippen LogP contribution in [0.25, 0.3) is 0 Å². The molecule has 1 aromatic carbocycles. The number of amides is 1. The summed E-state index contributed by atoms with van der Waals surface area (Å²) in [6.45, 7) is 8.77. The molecule has 2 aromatic rings. The summed E-state index contributed by atoms with van der Waals surface area (Å²) in [6, 6.07) is 6.50. The maximum atomic E-state index is 11.9. The predicted octanol–water partition coefficient (Wildman–Crippen LogP) is 2.12. The van der Waals surface area contributed by atoms with E-state index in [2.05, 4.69) is 39.2 Å². The Morgan fingerprint density at radius 3 is 2.75 bits per heavy atom. The van der Waals surface area contributed by atoms with Crippen LogP contribution in [0.15, 0.2) is 24.4 Å². The Kier molecular flexibility index (Phi) is 6.89. The Balaban J connectivity index is 0.00000225. The van der Waals surface area contributed by atoms with E-state index in [-0.39, 0.29) is 24.8 Å². The van der Waals surface area contributed by atoms with Gasteiger partial charge in [0.1, 0.15) is 4.88 Å². The molecule has 3 heterocycles. The summed E-state index contributed by atoms with van der Waals surface area (Å²) in [4.78, 5) is 21.8. The molecule has 0 aliphatic carbocycles. The first-order valence-electron chi connectivity index (χ1n) is 9.28. The van der Waals surface area contributed by atoms with Crippen LogP contribution in [0.3, 0.4) is 0 Å². The number of rotatable bonds is 5. The van der Waals surface area contributed by atoms with Gasteiger partial charge in [0.15, 0.2) is 16.6 Å². The number of carbonyl (C=O) groups excluding carboxylic acids is 1. The second-order valence-corrected chi connectivity index (χ2v) is 7.69. The molecule has 4 rings (SSSR count). The molecule has 0 saturated carbocycles. The summed E-state index contributed by atoms with van der Waals surface area (Å²) in [5.41, 5.74) is 1.24. The van der Waals surface area contributed by atoms with E-state index >= 15 is 0 Å². The number of nitrogens with one attached hydrogen (secondary N) is 1. The van der Waals surface area contributed by atoms with Crippen LogP contribution >= 0.6 is 11.3 Å². The van der Waals surface area contributed by atoms with Crippen LogP contribution in [0.2, 0.25) is 0 Å². The number of hydrogen-bond donors (Lipinski definition) is 1. The smallest absolute Gasteiger partial charge is 0.263 e. The first-order valence-corrected chi connectivity index (χ1v) is 10.1. The molecule has 1 atom stereocenters.